The van der Waals surface area contributed by atoms with Crippen LogP contribution >= 0.6 is 22.7 Å². The van der Waals surface area contributed by atoms with Gasteiger partial charge in [0.2, 0.25) is 0 Å². The normalized spacial score (nSPS) is 17.0. The first-order chi connectivity index (χ1) is 11.8. The maximum absolute atomic E-state index is 12.4. The van der Waals surface area contributed by atoms with Gasteiger partial charge in [-0.1, -0.05) is 20.8 Å². The number of nitrogens with zero attached hydrogens (tertiary/aromatic N) is 1. The number of carbonyl (C=O) groups is 2. The van der Waals surface area contributed by atoms with E-state index in [2.05, 4.69) is 36.6 Å². The standard InChI is InChI=1S/C18H23N3O2S2/c1-10-15(24-9-19-10)17(23)21-20-16(22)14-8-11-7-12(18(2,3)4)5-6-13(11)25-14/h8-9,12H,5-7H2,1-4H3,(H,20,22)(H,21,23)/t12-/m0/s1. The number of aromatic nitrogens is 1. The fraction of sp³-hybridized carbons (Fsp3) is 0.500. The Hall–Kier alpha value is -1.73. The smallest absolute Gasteiger partial charge is 0.266 e. The number of rotatable bonds is 2. The minimum Gasteiger partial charge on any atom is -0.266 e. The van der Waals surface area contributed by atoms with E-state index in [0.29, 0.717) is 21.4 Å². The molecule has 0 radical (unpaired) electrons. The van der Waals surface area contributed by atoms with E-state index in [1.165, 1.54) is 39.5 Å². The van der Waals surface area contributed by atoms with Crippen molar-refractivity contribution in [3.63, 3.8) is 0 Å². The van der Waals surface area contributed by atoms with Crippen LogP contribution < -0.4 is 10.9 Å². The maximum Gasteiger partial charge on any atom is 0.281 e. The molecule has 0 aliphatic heterocycles. The zero-order valence-corrected chi connectivity index (χ0v) is 16.6. The Labute approximate surface area is 155 Å². The summed E-state index contributed by atoms with van der Waals surface area (Å²) < 4.78 is 0. The summed E-state index contributed by atoms with van der Waals surface area (Å²) in [5.74, 6) is 0.0456. The summed E-state index contributed by atoms with van der Waals surface area (Å²) >= 11 is 2.79. The highest BCUT2D eigenvalue weighted by Gasteiger charge is 2.30. The molecule has 134 valence electrons. The van der Waals surface area contributed by atoms with Crippen molar-refractivity contribution in [2.75, 3.05) is 0 Å². The lowest BCUT2D eigenvalue weighted by molar-refractivity contribution is 0.0850. The molecule has 0 saturated carbocycles. The van der Waals surface area contributed by atoms with Gasteiger partial charge >= 0.3 is 0 Å². The molecule has 0 fully saturated rings. The first kappa shape index (κ1) is 18.1. The number of amides is 2. The van der Waals surface area contributed by atoms with Crippen LogP contribution in [0.3, 0.4) is 0 Å². The Morgan fingerprint density at radius 3 is 2.60 bits per heavy atom. The fourth-order valence-corrected chi connectivity index (χ4v) is 4.93. The number of thiophene rings is 1. The molecule has 0 bridgehead atoms. The van der Waals surface area contributed by atoms with E-state index in [0.717, 1.165) is 12.8 Å². The number of nitrogens with one attached hydrogen (secondary N) is 2. The third kappa shape index (κ3) is 3.93. The van der Waals surface area contributed by atoms with Gasteiger partial charge in [0.1, 0.15) is 4.88 Å². The Morgan fingerprint density at radius 2 is 1.96 bits per heavy atom. The third-order valence-corrected chi connectivity index (χ3v) is 6.94. The lowest BCUT2D eigenvalue weighted by Gasteiger charge is -2.33. The Morgan fingerprint density at radius 1 is 1.24 bits per heavy atom. The third-order valence-electron chi connectivity index (χ3n) is 4.77. The van der Waals surface area contributed by atoms with Crippen LogP contribution in [0.5, 0.6) is 0 Å². The molecule has 0 saturated heterocycles. The molecule has 1 aliphatic rings. The van der Waals surface area contributed by atoms with Gasteiger partial charge in [-0.25, -0.2) is 4.98 Å². The van der Waals surface area contributed by atoms with Gasteiger partial charge in [0.25, 0.3) is 11.8 Å². The van der Waals surface area contributed by atoms with E-state index in [1.54, 1.807) is 12.4 Å². The summed E-state index contributed by atoms with van der Waals surface area (Å²) in [6, 6.07) is 1.98. The van der Waals surface area contributed by atoms with Gasteiger partial charge in [-0.2, -0.15) is 0 Å². The highest BCUT2D eigenvalue weighted by Crippen LogP contribution is 2.40. The second kappa shape index (κ2) is 6.88. The van der Waals surface area contributed by atoms with Crippen molar-refractivity contribution in [3.8, 4) is 0 Å². The highest BCUT2D eigenvalue weighted by atomic mass is 32.1. The van der Waals surface area contributed by atoms with Crippen LogP contribution in [0.2, 0.25) is 0 Å². The Balaban J connectivity index is 1.64. The number of fused-ring (bicyclic) bond motifs is 1. The zero-order chi connectivity index (χ0) is 18.2. The second-order valence-electron chi connectivity index (χ2n) is 7.54. The largest absolute Gasteiger partial charge is 0.281 e. The van der Waals surface area contributed by atoms with Gasteiger partial charge in [0.15, 0.2) is 0 Å². The van der Waals surface area contributed by atoms with Gasteiger partial charge in [0, 0.05) is 4.88 Å². The molecular formula is C18H23N3O2S2. The maximum atomic E-state index is 12.4. The van der Waals surface area contributed by atoms with Crippen LogP contribution in [0.25, 0.3) is 0 Å². The van der Waals surface area contributed by atoms with Crippen LogP contribution in [-0.4, -0.2) is 16.8 Å². The van der Waals surface area contributed by atoms with Gasteiger partial charge in [-0.15, -0.1) is 22.7 Å². The summed E-state index contributed by atoms with van der Waals surface area (Å²) in [5, 5.41) is 0. The monoisotopic (exact) mass is 377 g/mol. The van der Waals surface area contributed by atoms with Crippen LogP contribution in [-0.2, 0) is 12.8 Å². The number of hydrogen-bond acceptors (Lipinski definition) is 5. The molecule has 7 heteroatoms. The second-order valence-corrected chi connectivity index (χ2v) is 9.53. The van der Waals surface area contributed by atoms with Crippen LogP contribution in [0.1, 0.15) is 62.7 Å². The van der Waals surface area contributed by atoms with Crippen LogP contribution in [0.15, 0.2) is 11.6 Å². The minimum absolute atomic E-state index is 0.262. The molecule has 2 aromatic heterocycles. The number of carbonyl (C=O) groups excluding carboxylic acids is 2. The van der Waals surface area contributed by atoms with Gasteiger partial charge in [-0.3, -0.25) is 20.4 Å². The first-order valence-electron chi connectivity index (χ1n) is 8.38. The predicted molar refractivity (Wildman–Crippen MR) is 101 cm³/mol. The lowest BCUT2D eigenvalue weighted by Crippen LogP contribution is -2.41. The van der Waals surface area contributed by atoms with E-state index < -0.39 is 0 Å². The average molecular weight is 378 g/mol. The van der Waals surface area contributed by atoms with E-state index >= 15 is 0 Å². The summed E-state index contributed by atoms with van der Waals surface area (Å²) in [4.78, 5) is 30.9. The zero-order valence-electron chi connectivity index (χ0n) is 14.9. The van der Waals surface area contributed by atoms with Crippen molar-refractivity contribution in [2.45, 2.75) is 47.0 Å². The molecule has 0 aromatic carbocycles. The molecule has 2 N–H and O–H groups in total. The Kier molecular flexibility index (Phi) is 4.97. The number of hydrogen-bond donors (Lipinski definition) is 2. The van der Waals surface area contributed by atoms with Crippen molar-refractivity contribution >= 4 is 34.5 Å². The van der Waals surface area contributed by atoms with E-state index in [1.807, 2.05) is 6.07 Å². The molecule has 1 aliphatic carbocycles. The molecule has 2 amide bonds. The topological polar surface area (TPSA) is 71.1 Å². The highest BCUT2D eigenvalue weighted by molar-refractivity contribution is 7.14. The minimum atomic E-state index is -0.331. The van der Waals surface area contributed by atoms with Crippen LogP contribution in [0, 0.1) is 18.3 Å². The number of thiazole rings is 1. The van der Waals surface area contributed by atoms with Gasteiger partial charge < -0.3 is 0 Å². The lowest BCUT2D eigenvalue weighted by atomic mass is 9.72. The van der Waals surface area contributed by atoms with Crippen molar-refractivity contribution in [1.82, 2.24) is 15.8 Å². The van der Waals surface area contributed by atoms with Crippen molar-refractivity contribution in [3.05, 3.63) is 37.5 Å². The van der Waals surface area contributed by atoms with E-state index in [-0.39, 0.29) is 17.2 Å². The molecule has 3 rings (SSSR count). The molecule has 0 spiro atoms. The molecule has 0 unspecified atom stereocenters. The molecule has 25 heavy (non-hydrogen) atoms. The Bertz CT molecular complexity index is 802. The van der Waals surface area contributed by atoms with E-state index in [4.69, 9.17) is 0 Å². The van der Waals surface area contributed by atoms with Gasteiger partial charge in [0.05, 0.1) is 16.1 Å². The van der Waals surface area contributed by atoms with Crippen molar-refractivity contribution < 1.29 is 9.59 Å². The predicted octanol–water partition coefficient (Wildman–Crippen LogP) is 3.74. The quantitative estimate of drug-likeness (QED) is 0.783. The molecule has 1 atom stereocenters. The molecule has 2 heterocycles. The SMILES string of the molecule is Cc1ncsc1C(=O)NNC(=O)c1cc2c(s1)CC[C@H](C(C)(C)C)C2. The summed E-state index contributed by atoms with van der Waals surface area (Å²) in [6.45, 7) is 8.60. The summed E-state index contributed by atoms with van der Waals surface area (Å²) in [5.41, 5.74) is 8.84. The van der Waals surface area contributed by atoms with Gasteiger partial charge in [-0.05, 0) is 49.1 Å². The number of hydrazine groups is 1. The average Bonchev–Trinajstić information content (AvgIpc) is 3.16. The van der Waals surface area contributed by atoms with Crippen LogP contribution in [0.4, 0.5) is 0 Å². The van der Waals surface area contributed by atoms with Crippen molar-refractivity contribution in [2.24, 2.45) is 11.3 Å². The fourth-order valence-electron chi connectivity index (χ4n) is 3.13. The number of aryl methyl sites for hydroxylation is 2. The summed E-state index contributed by atoms with van der Waals surface area (Å²) in [6.07, 6.45) is 3.22. The summed E-state index contributed by atoms with van der Waals surface area (Å²) in [7, 11) is 0. The molecule has 5 nitrogen and oxygen atoms in total. The molecule has 2 aromatic rings. The first-order valence-corrected chi connectivity index (χ1v) is 10.1. The molecular weight excluding hydrogens is 354 g/mol. The van der Waals surface area contributed by atoms with Crippen molar-refractivity contribution in [1.29, 1.82) is 0 Å². The van der Waals surface area contributed by atoms with E-state index in [9.17, 15) is 9.59 Å².